The van der Waals surface area contributed by atoms with Crippen LogP contribution in [0.5, 0.6) is 0 Å². The van der Waals surface area contributed by atoms with Gasteiger partial charge in [-0.3, -0.25) is 4.79 Å². The van der Waals surface area contributed by atoms with E-state index in [1.807, 2.05) is 11.8 Å². The molecule has 1 heterocycles. The smallest absolute Gasteiger partial charge is 0.152 e. The van der Waals surface area contributed by atoms with Crippen LogP contribution in [0.25, 0.3) is 0 Å². The van der Waals surface area contributed by atoms with Gasteiger partial charge < -0.3 is 0 Å². The molecule has 0 amide bonds. The summed E-state index contributed by atoms with van der Waals surface area (Å²) >= 11 is 1.81. The van der Waals surface area contributed by atoms with Crippen molar-refractivity contribution < 1.29 is 4.79 Å². The summed E-state index contributed by atoms with van der Waals surface area (Å²) in [5.74, 6) is 1.52. The maximum absolute atomic E-state index is 11.9. The quantitative estimate of drug-likeness (QED) is 0.645. The van der Waals surface area contributed by atoms with Gasteiger partial charge in [-0.15, -0.1) is 11.8 Å². The molecule has 1 nitrogen and oxygen atoms in total. The number of ketones is 1. The topological polar surface area (TPSA) is 17.1 Å². The average Bonchev–Trinajstić information content (AvgIpc) is 2.53. The Kier molecular flexibility index (Phi) is 3.60. The molecular weight excluding hydrogens is 180 g/mol. The molecule has 74 valence electrons. The van der Waals surface area contributed by atoms with Crippen molar-refractivity contribution in [1.29, 1.82) is 0 Å². The molecule has 0 aromatic rings. The first kappa shape index (κ1) is 10.8. The van der Waals surface area contributed by atoms with Gasteiger partial charge in [-0.25, -0.2) is 0 Å². The lowest BCUT2D eigenvalue weighted by Gasteiger charge is -2.21. The standard InChI is InChI=1S/C11H18OS/c1-4-9(2)8-10(12)11(3)6-5-7-13-11/h2,4-8H2,1,3H3. The lowest BCUT2D eigenvalue weighted by molar-refractivity contribution is -0.120. The molecule has 0 spiro atoms. The molecule has 0 aliphatic carbocycles. The van der Waals surface area contributed by atoms with Crippen LogP contribution in [0.1, 0.15) is 39.5 Å². The molecule has 0 radical (unpaired) electrons. The van der Waals surface area contributed by atoms with Crippen molar-refractivity contribution in [3.8, 4) is 0 Å². The maximum atomic E-state index is 11.9. The highest BCUT2D eigenvalue weighted by Crippen LogP contribution is 2.39. The first-order valence-corrected chi connectivity index (χ1v) is 5.91. The fourth-order valence-electron chi connectivity index (χ4n) is 1.54. The van der Waals surface area contributed by atoms with E-state index < -0.39 is 0 Å². The van der Waals surface area contributed by atoms with E-state index in [1.165, 1.54) is 6.42 Å². The third kappa shape index (κ3) is 2.60. The zero-order valence-electron chi connectivity index (χ0n) is 8.56. The molecule has 1 rings (SSSR count). The van der Waals surface area contributed by atoms with Crippen molar-refractivity contribution in [2.75, 3.05) is 5.75 Å². The van der Waals surface area contributed by atoms with E-state index in [0.29, 0.717) is 12.2 Å². The minimum absolute atomic E-state index is 0.0991. The van der Waals surface area contributed by atoms with Crippen molar-refractivity contribution in [2.45, 2.75) is 44.3 Å². The first-order chi connectivity index (χ1) is 6.08. The Balaban J connectivity index is 2.51. The molecule has 0 aromatic carbocycles. The molecule has 1 saturated heterocycles. The van der Waals surface area contributed by atoms with E-state index in [9.17, 15) is 4.79 Å². The van der Waals surface area contributed by atoms with Crippen LogP contribution in [-0.4, -0.2) is 16.3 Å². The molecule has 13 heavy (non-hydrogen) atoms. The highest BCUT2D eigenvalue weighted by Gasteiger charge is 2.36. The zero-order chi connectivity index (χ0) is 9.90. The van der Waals surface area contributed by atoms with Crippen LogP contribution in [0.15, 0.2) is 12.2 Å². The van der Waals surface area contributed by atoms with Crippen molar-refractivity contribution in [1.82, 2.24) is 0 Å². The average molecular weight is 198 g/mol. The maximum Gasteiger partial charge on any atom is 0.152 e. The van der Waals surface area contributed by atoms with E-state index in [2.05, 4.69) is 20.4 Å². The summed E-state index contributed by atoms with van der Waals surface area (Å²) in [4.78, 5) is 11.9. The molecular formula is C11H18OS. The molecule has 1 aliphatic rings. The number of carbonyl (C=O) groups excluding carboxylic acids is 1. The summed E-state index contributed by atoms with van der Waals surface area (Å²) in [5.41, 5.74) is 1.07. The SMILES string of the molecule is C=C(CC)CC(=O)C1(C)CCCS1. The van der Waals surface area contributed by atoms with Gasteiger partial charge in [-0.1, -0.05) is 19.1 Å². The van der Waals surface area contributed by atoms with Gasteiger partial charge in [0.2, 0.25) is 0 Å². The van der Waals surface area contributed by atoms with Gasteiger partial charge in [0.15, 0.2) is 5.78 Å². The fraction of sp³-hybridized carbons (Fsp3) is 0.727. The van der Waals surface area contributed by atoms with E-state index in [1.54, 1.807) is 0 Å². The Morgan fingerprint density at radius 3 is 2.77 bits per heavy atom. The van der Waals surface area contributed by atoms with E-state index in [-0.39, 0.29) is 4.75 Å². The predicted octanol–water partition coefficient (Wildman–Crippen LogP) is 3.20. The molecule has 0 bridgehead atoms. The number of hydrogen-bond donors (Lipinski definition) is 0. The van der Waals surface area contributed by atoms with Crippen LogP contribution < -0.4 is 0 Å². The third-order valence-corrected chi connectivity index (χ3v) is 4.28. The molecule has 0 saturated carbocycles. The molecule has 1 unspecified atom stereocenters. The summed E-state index contributed by atoms with van der Waals surface area (Å²) in [6, 6.07) is 0. The number of carbonyl (C=O) groups is 1. The third-order valence-electron chi connectivity index (χ3n) is 2.72. The van der Waals surface area contributed by atoms with Gasteiger partial charge in [0.25, 0.3) is 0 Å². The van der Waals surface area contributed by atoms with Gasteiger partial charge in [-0.2, -0.15) is 0 Å². The van der Waals surface area contributed by atoms with Crippen LogP contribution in [-0.2, 0) is 4.79 Å². The highest BCUT2D eigenvalue weighted by atomic mass is 32.2. The monoisotopic (exact) mass is 198 g/mol. The second-order valence-electron chi connectivity index (χ2n) is 3.89. The first-order valence-electron chi connectivity index (χ1n) is 4.92. The Morgan fingerprint density at radius 1 is 1.62 bits per heavy atom. The van der Waals surface area contributed by atoms with Gasteiger partial charge in [-0.05, 0) is 31.9 Å². The number of thioether (sulfide) groups is 1. The van der Waals surface area contributed by atoms with E-state index in [0.717, 1.165) is 24.2 Å². The van der Waals surface area contributed by atoms with Gasteiger partial charge in [0.05, 0.1) is 4.75 Å². The Bertz CT molecular complexity index is 214. The summed E-state index contributed by atoms with van der Waals surface area (Å²) in [5, 5.41) is 0. The molecule has 0 aromatic heterocycles. The normalized spacial score (nSPS) is 27.5. The number of rotatable bonds is 4. The molecule has 2 heteroatoms. The fourth-order valence-corrected chi connectivity index (χ4v) is 2.80. The number of allylic oxidation sites excluding steroid dienone is 1. The molecule has 1 atom stereocenters. The molecule has 1 fully saturated rings. The zero-order valence-corrected chi connectivity index (χ0v) is 9.38. The van der Waals surface area contributed by atoms with Crippen LogP contribution in [0.2, 0.25) is 0 Å². The second-order valence-corrected chi connectivity index (χ2v) is 5.48. The van der Waals surface area contributed by atoms with Crippen LogP contribution in [0, 0.1) is 0 Å². The van der Waals surface area contributed by atoms with Crippen molar-refractivity contribution in [3.05, 3.63) is 12.2 Å². The van der Waals surface area contributed by atoms with E-state index in [4.69, 9.17) is 0 Å². The van der Waals surface area contributed by atoms with Crippen molar-refractivity contribution in [3.63, 3.8) is 0 Å². The van der Waals surface area contributed by atoms with Crippen LogP contribution >= 0.6 is 11.8 Å². The van der Waals surface area contributed by atoms with E-state index >= 15 is 0 Å². The predicted molar refractivity (Wildman–Crippen MR) is 59.2 cm³/mol. The minimum Gasteiger partial charge on any atom is -0.298 e. The number of Topliss-reactive ketones (excluding diaryl/α,β-unsaturated/α-hetero) is 1. The van der Waals surface area contributed by atoms with Crippen molar-refractivity contribution in [2.24, 2.45) is 0 Å². The largest absolute Gasteiger partial charge is 0.298 e. The summed E-state index contributed by atoms with van der Waals surface area (Å²) < 4.78 is -0.0991. The summed E-state index contributed by atoms with van der Waals surface area (Å²) in [6.45, 7) is 8.02. The summed E-state index contributed by atoms with van der Waals surface area (Å²) in [7, 11) is 0. The number of hydrogen-bond acceptors (Lipinski definition) is 2. The molecule has 1 aliphatic heterocycles. The summed E-state index contributed by atoms with van der Waals surface area (Å²) in [6.07, 6.45) is 3.74. The van der Waals surface area contributed by atoms with Gasteiger partial charge >= 0.3 is 0 Å². The van der Waals surface area contributed by atoms with Crippen molar-refractivity contribution >= 4 is 17.5 Å². The highest BCUT2D eigenvalue weighted by molar-refractivity contribution is 8.01. The lowest BCUT2D eigenvalue weighted by Crippen LogP contribution is -2.28. The molecule has 0 N–H and O–H groups in total. The van der Waals surface area contributed by atoms with Gasteiger partial charge in [0.1, 0.15) is 0 Å². The lowest BCUT2D eigenvalue weighted by atomic mass is 9.95. The Labute approximate surface area is 85.0 Å². The van der Waals surface area contributed by atoms with Crippen LogP contribution in [0.4, 0.5) is 0 Å². The van der Waals surface area contributed by atoms with Gasteiger partial charge in [0, 0.05) is 6.42 Å². The Hall–Kier alpha value is -0.240. The Morgan fingerprint density at radius 2 is 2.31 bits per heavy atom. The van der Waals surface area contributed by atoms with Crippen LogP contribution in [0.3, 0.4) is 0 Å². The second kappa shape index (κ2) is 4.32. The minimum atomic E-state index is -0.0991.